The summed E-state index contributed by atoms with van der Waals surface area (Å²) in [5.41, 5.74) is 6.39. The number of hydrogen-bond donors (Lipinski definition) is 1. The summed E-state index contributed by atoms with van der Waals surface area (Å²) in [4.78, 5) is 2.12. The fraction of sp³-hybridized carbons (Fsp3) is 0.714. The maximum atomic E-state index is 5.41. The van der Waals surface area contributed by atoms with Crippen LogP contribution in [0.25, 0.3) is 0 Å². The van der Waals surface area contributed by atoms with Gasteiger partial charge in [0.1, 0.15) is 0 Å². The first-order valence-corrected chi connectivity index (χ1v) is 3.96. The van der Waals surface area contributed by atoms with Gasteiger partial charge in [0.05, 0.1) is 5.69 Å². The lowest BCUT2D eigenvalue weighted by atomic mass is 10.4. The first-order chi connectivity index (χ1) is 5.72. The maximum Gasteiger partial charge on any atom is 0.0966 e. The Morgan fingerprint density at radius 2 is 2.42 bits per heavy atom. The first kappa shape index (κ1) is 9.15. The van der Waals surface area contributed by atoms with Gasteiger partial charge in [-0.2, -0.15) is 0 Å². The summed E-state index contributed by atoms with van der Waals surface area (Å²) in [6, 6.07) is 0. The molecule has 12 heavy (non-hydrogen) atoms. The smallest absolute Gasteiger partial charge is 0.0966 e. The number of aromatic nitrogens is 3. The van der Waals surface area contributed by atoms with E-state index < -0.39 is 0 Å². The molecule has 2 N–H and O–H groups in total. The minimum atomic E-state index is 0.677. The normalized spacial score (nSPS) is 11.0. The molecule has 0 fully saturated rings. The first-order valence-electron chi connectivity index (χ1n) is 3.96. The molecule has 5 heteroatoms. The molecule has 1 aromatic rings. The third-order valence-corrected chi connectivity index (χ3v) is 1.59. The van der Waals surface area contributed by atoms with Crippen molar-refractivity contribution in [2.24, 2.45) is 12.8 Å². The summed E-state index contributed by atoms with van der Waals surface area (Å²) in [6.07, 6.45) is 1.91. The van der Waals surface area contributed by atoms with Gasteiger partial charge in [0.25, 0.3) is 0 Å². The summed E-state index contributed by atoms with van der Waals surface area (Å²) in [5.74, 6) is 0. The number of aryl methyl sites for hydroxylation is 1. The Kier molecular flexibility index (Phi) is 3.19. The van der Waals surface area contributed by atoms with E-state index in [1.807, 2.05) is 20.3 Å². The lowest BCUT2D eigenvalue weighted by molar-refractivity contribution is 0.332. The van der Waals surface area contributed by atoms with Gasteiger partial charge in [0, 0.05) is 32.9 Å². The van der Waals surface area contributed by atoms with Crippen LogP contribution in [0.5, 0.6) is 0 Å². The van der Waals surface area contributed by atoms with Crippen LogP contribution in [-0.4, -0.2) is 40.0 Å². The van der Waals surface area contributed by atoms with Crippen molar-refractivity contribution in [2.75, 3.05) is 20.1 Å². The molecule has 0 aliphatic rings. The Labute approximate surface area is 72.2 Å². The van der Waals surface area contributed by atoms with E-state index in [1.165, 1.54) is 0 Å². The Morgan fingerprint density at radius 3 is 2.92 bits per heavy atom. The standard InChI is InChI=1S/C7H15N5/c1-11(4-3-8)5-7-6-12(2)10-9-7/h6H,3-5,8H2,1-2H3. The van der Waals surface area contributed by atoms with Crippen LogP contribution in [0, 0.1) is 0 Å². The van der Waals surface area contributed by atoms with Gasteiger partial charge in [-0.15, -0.1) is 5.10 Å². The van der Waals surface area contributed by atoms with Crippen molar-refractivity contribution in [1.82, 2.24) is 19.9 Å². The van der Waals surface area contributed by atoms with Crippen molar-refractivity contribution in [3.05, 3.63) is 11.9 Å². The fourth-order valence-corrected chi connectivity index (χ4v) is 1.04. The molecule has 1 aromatic heterocycles. The van der Waals surface area contributed by atoms with E-state index in [0.29, 0.717) is 6.54 Å². The molecule has 0 radical (unpaired) electrons. The molecule has 0 amide bonds. The average molecular weight is 169 g/mol. The summed E-state index contributed by atoms with van der Waals surface area (Å²) < 4.78 is 1.70. The van der Waals surface area contributed by atoms with Crippen molar-refractivity contribution in [3.8, 4) is 0 Å². The van der Waals surface area contributed by atoms with Gasteiger partial charge in [-0.25, -0.2) is 0 Å². The van der Waals surface area contributed by atoms with Crippen molar-refractivity contribution in [3.63, 3.8) is 0 Å². The molecule has 0 saturated heterocycles. The number of nitrogens with two attached hydrogens (primary N) is 1. The summed E-state index contributed by atoms with van der Waals surface area (Å²) >= 11 is 0. The van der Waals surface area contributed by atoms with E-state index in [1.54, 1.807) is 4.68 Å². The summed E-state index contributed by atoms with van der Waals surface area (Å²) in [7, 11) is 3.88. The molecule has 0 bridgehead atoms. The zero-order valence-electron chi connectivity index (χ0n) is 7.56. The largest absolute Gasteiger partial charge is 0.329 e. The highest BCUT2D eigenvalue weighted by Gasteiger charge is 2.01. The SMILES string of the molecule is CN(CCN)Cc1cn(C)nn1. The predicted molar refractivity (Wildman–Crippen MR) is 46.4 cm³/mol. The Bertz CT molecular complexity index is 231. The molecule has 0 spiro atoms. The molecule has 0 atom stereocenters. The van der Waals surface area contributed by atoms with Crippen LogP contribution in [0.3, 0.4) is 0 Å². The van der Waals surface area contributed by atoms with Gasteiger partial charge in [0.15, 0.2) is 0 Å². The summed E-state index contributed by atoms with van der Waals surface area (Å²) in [5, 5.41) is 7.81. The Balaban J connectivity index is 2.41. The van der Waals surface area contributed by atoms with Crippen LogP contribution in [0.15, 0.2) is 6.20 Å². The van der Waals surface area contributed by atoms with E-state index >= 15 is 0 Å². The topological polar surface area (TPSA) is 60.0 Å². The minimum absolute atomic E-state index is 0.677. The number of nitrogens with zero attached hydrogens (tertiary/aromatic N) is 4. The highest BCUT2D eigenvalue weighted by atomic mass is 15.4. The van der Waals surface area contributed by atoms with Gasteiger partial charge in [-0.3, -0.25) is 9.58 Å². The number of likely N-dealkylation sites (N-methyl/N-ethyl adjacent to an activating group) is 1. The van der Waals surface area contributed by atoms with Crippen molar-refractivity contribution < 1.29 is 0 Å². The van der Waals surface area contributed by atoms with Gasteiger partial charge in [-0.05, 0) is 7.05 Å². The zero-order chi connectivity index (χ0) is 8.97. The Morgan fingerprint density at radius 1 is 1.67 bits per heavy atom. The average Bonchev–Trinajstić information content (AvgIpc) is 2.36. The molecular formula is C7H15N5. The second kappa shape index (κ2) is 4.18. The predicted octanol–water partition coefficient (Wildman–Crippen LogP) is -0.794. The van der Waals surface area contributed by atoms with E-state index in [4.69, 9.17) is 5.73 Å². The third kappa shape index (κ3) is 2.60. The Hall–Kier alpha value is -0.940. The van der Waals surface area contributed by atoms with Crippen LogP contribution in [0.1, 0.15) is 5.69 Å². The number of rotatable bonds is 4. The number of hydrogen-bond acceptors (Lipinski definition) is 4. The van der Waals surface area contributed by atoms with Gasteiger partial charge < -0.3 is 5.73 Å². The maximum absolute atomic E-state index is 5.41. The lowest BCUT2D eigenvalue weighted by Gasteiger charge is -2.12. The molecule has 0 unspecified atom stereocenters. The molecular weight excluding hydrogens is 154 g/mol. The highest BCUT2D eigenvalue weighted by molar-refractivity contribution is 4.90. The van der Waals surface area contributed by atoms with Gasteiger partial charge >= 0.3 is 0 Å². The van der Waals surface area contributed by atoms with Crippen molar-refractivity contribution in [1.29, 1.82) is 0 Å². The van der Waals surface area contributed by atoms with E-state index in [2.05, 4.69) is 15.2 Å². The van der Waals surface area contributed by atoms with Crippen LogP contribution >= 0.6 is 0 Å². The van der Waals surface area contributed by atoms with Gasteiger partial charge in [0.2, 0.25) is 0 Å². The molecule has 0 aromatic carbocycles. The quantitative estimate of drug-likeness (QED) is 0.641. The van der Waals surface area contributed by atoms with E-state index in [9.17, 15) is 0 Å². The molecule has 0 aliphatic heterocycles. The van der Waals surface area contributed by atoms with Crippen molar-refractivity contribution >= 4 is 0 Å². The van der Waals surface area contributed by atoms with Crippen molar-refractivity contribution in [2.45, 2.75) is 6.54 Å². The van der Waals surface area contributed by atoms with Gasteiger partial charge in [-0.1, -0.05) is 5.21 Å². The van der Waals surface area contributed by atoms with Crippen LogP contribution < -0.4 is 5.73 Å². The fourth-order valence-electron chi connectivity index (χ4n) is 1.04. The highest BCUT2D eigenvalue weighted by Crippen LogP contribution is 1.95. The molecule has 68 valence electrons. The molecule has 5 nitrogen and oxygen atoms in total. The van der Waals surface area contributed by atoms with E-state index in [-0.39, 0.29) is 0 Å². The van der Waals surface area contributed by atoms with Crippen LogP contribution in [-0.2, 0) is 13.6 Å². The second-order valence-corrected chi connectivity index (χ2v) is 2.91. The molecule has 0 aliphatic carbocycles. The lowest BCUT2D eigenvalue weighted by Crippen LogP contribution is -2.25. The van der Waals surface area contributed by atoms with Crippen LogP contribution in [0.2, 0.25) is 0 Å². The minimum Gasteiger partial charge on any atom is -0.329 e. The molecule has 1 heterocycles. The molecule has 0 saturated carbocycles. The summed E-state index contributed by atoms with van der Waals surface area (Å²) in [6.45, 7) is 2.37. The van der Waals surface area contributed by atoms with E-state index in [0.717, 1.165) is 18.8 Å². The third-order valence-electron chi connectivity index (χ3n) is 1.59. The molecule has 1 rings (SSSR count). The van der Waals surface area contributed by atoms with Crippen LogP contribution in [0.4, 0.5) is 0 Å². The zero-order valence-corrected chi connectivity index (χ0v) is 7.56. The second-order valence-electron chi connectivity index (χ2n) is 2.91. The monoisotopic (exact) mass is 169 g/mol.